The second kappa shape index (κ2) is 5.43. The molecule has 7 nitrogen and oxygen atoms in total. The fourth-order valence-corrected chi connectivity index (χ4v) is 2.82. The lowest BCUT2D eigenvalue weighted by molar-refractivity contribution is 0.813. The summed E-state index contributed by atoms with van der Waals surface area (Å²) in [6.45, 7) is 0.648. The number of hydrogen-bond acceptors (Lipinski definition) is 6. The second-order valence-corrected chi connectivity index (χ2v) is 6.60. The number of nitrogens with zero attached hydrogens (tertiary/aromatic N) is 5. The van der Waals surface area contributed by atoms with Gasteiger partial charge in [-0.2, -0.15) is 4.52 Å². The Kier molecular flexibility index (Phi) is 3.11. The van der Waals surface area contributed by atoms with Crippen molar-refractivity contribution in [2.45, 2.75) is 44.2 Å². The molecule has 0 aliphatic heterocycles. The van der Waals surface area contributed by atoms with Crippen molar-refractivity contribution in [2.24, 2.45) is 0 Å². The average Bonchev–Trinajstić information content (AvgIpc) is 3.54. The molecule has 122 valence electrons. The summed E-state index contributed by atoms with van der Waals surface area (Å²) in [7, 11) is 0. The first kappa shape index (κ1) is 13.7. The van der Waals surface area contributed by atoms with E-state index in [9.17, 15) is 0 Å². The fourth-order valence-electron chi connectivity index (χ4n) is 2.82. The summed E-state index contributed by atoms with van der Waals surface area (Å²) in [5.74, 6) is 2.37. The molecule has 2 fully saturated rings. The molecule has 0 amide bonds. The highest BCUT2D eigenvalue weighted by atomic mass is 15.4. The Bertz CT molecular complexity index is 865. The van der Waals surface area contributed by atoms with Crippen LogP contribution in [0, 0.1) is 0 Å². The molecular weight excluding hydrogens is 302 g/mol. The van der Waals surface area contributed by atoms with Crippen LogP contribution in [0.15, 0.2) is 30.5 Å². The Balaban J connectivity index is 1.50. The Morgan fingerprint density at radius 3 is 2.79 bits per heavy atom. The first-order chi connectivity index (χ1) is 11.9. The molecule has 0 radical (unpaired) electrons. The van der Waals surface area contributed by atoms with Crippen molar-refractivity contribution in [2.75, 3.05) is 10.6 Å². The largest absolute Gasteiger partial charge is 0.376 e. The monoisotopic (exact) mass is 321 g/mol. The predicted molar refractivity (Wildman–Crippen MR) is 91.0 cm³/mol. The standard InChI is InChI=1S/C17H19N7/c1-2-8-18-13(3-1)10-19-14-9-15(20-12-6-7-12)23-24-16(11-4-5-11)21-22-17(14)24/h1-3,8-9,11-12,19H,4-7,10H2,(H,20,23). The zero-order valence-electron chi connectivity index (χ0n) is 13.3. The van der Waals surface area contributed by atoms with Gasteiger partial charge in [0.25, 0.3) is 0 Å². The normalized spacial score (nSPS) is 17.2. The van der Waals surface area contributed by atoms with Gasteiger partial charge in [-0.25, -0.2) is 0 Å². The van der Waals surface area contributed by atoms with Crippen molar-refractivity contribution in [3.63, 3.8) is 0 Å². The summed E-state index contributed by atoms with van der Waals surface area (Å²) in [5, 5.41) is 20.4. The Morgan fingerprint density at radius 2 is 2.04 bits per heavy atom. The van der Waals surface area contributed by atoms with E-state index >= 15 is 0 Å². The van der Waals surface area contributed by atoms with E-state index in [-0.39, 0.29) is 0 Å². The Morgan fingerprint density at radius 1 is 1.12 bits per heavy atom. The maximum atomic E-state index is 4.72. The minimum absolute atomic E-state index is 0.507. The maximum Gasteiger partial charge on any atom is 0.201 e. The summed E-state index contributed by atoms with van der Waals surface area (Å²) >= 11 is 0. The van der Waals surface area contributed by atoms with Gasteiger partial charge in [0, 0.05) is 24.2 Å². The van der Waals surface area contributed by atoms with E-state index < -0.39 is 0 Å². The number of anilines is 2. The van der Waals surface area contributed by atoms with Crippen LogP contribution in [-0.4, -0.2) is 30.8 Å². The van der Waals surface area contributed by atoms with Gasteiger partial charge >= 0.3 is 0 Å². The van der Waals surface area contributed by atoms with Crippen LogP contribution in [0.25, 0.3) is 5.65 Å². The van der Waals surface area contributed by atoms with Crippen molar-refractivity contribution < 1.29 is 0 Å². The van der Waals surface area contributed by atoms with Gasteiger partial charge in [-0.1, -0.05) is 6.07 Å². The van der Waals surface area contributed by atoms with Gasteiger partial charge < -0.3 is 10.6 Å². The highest BCUT2D eigenvalue weighted by molar-refractivity contribution is 5.70. The van der Waals surface area contributed by atoms with Gasteiger partial charge in [0.2, 0.25) is 5.65 Å². The molecular formula is C17H19N7. The summed E-state index contributed by atoms with van der Waals surface area (Å²) in [6, 6.07) is 8.51. The number of rotatable bonds is 6. The summed E-state index contributed by atoms with van der Waals surface area (Å²) in [6.07, 6.45) is 6.60. The molecule has 0 unspecified atom stereocenters. The second-order valence-electron chi connectivity index (χ2n) is 6.60. The molecule has 3 aromatic rings. The molecule has 0 spiro atoms. The van der Waals surface area contributed by atoms with E-state index in [2.05, 4.69) is 25.8 Å². The van der Waals surface area contributed by atoms with Gasteiger partial charge in [-0.05, 0) is 37.8 Å². The molecule has 7 heteroatoms. The van der Waals surface area contributed by atoms with Crippen molar-refractivity contribution in [1.29, 1.82) is 0 Å². The zero-order chi connectivity index (χ0) is 15.9. The molecule has 2 N–H and O–H groups in total. The summed E-state index contributed by atoms with van der Waals surface area (Å²) < 4.78 is 1.91. The highest BCUT2D eigenvalue weighted by Crippen LogP contribution is 2.39. The van der Waals surface area contributed by atoms with Crippen molar-refractivity contribution in [1.82, 2.24) is 24.8 Å². The van der Waals surface area contributed by atoms with Crippen LogP contribution >= 0.6 is 0 Å². The average molecular weight is 321 g/mol. The highest BCUT2D eigenvalue weighted by Gasteiger charge is 2.30. The molecule has 0 bridgehead atoms. The van der Waals surface area contributed by atoms with E-state index in [1.165, 1.54) is 25.7 Å². The number of nitrogens with one attached hydrogen (secondary N) is 2. The van der Waals surface area contributed by atoms with Gasteiger partial charge in [-0.3, -0.25) is 4.98 Å². The molecule has 0 saturated heterocycles. The van der Waals surface area contributed by atoms with Crippen molar-refractivity contribution in [3.8, 4) is 0 Å². The van der Waals surface area contributed by atoms with Crippen LogP contribution in [0.1, 0.15) is 43.1 Å². The first-order valence-corrected chi connectivity index (χ1v) is 8.53. The third-order valence-corrected chi connectivity index (χ3v) is 4.45. The van der Waals surface area contributed by atoms with E-state index in [1.807, 2.05) is 35.0 Å². The number of aromatic nitrogens is 5. The van der Waals surface area contributed by atoms with Crippen LogP contribution in [-0.2, 0) is 6.54 Å². The van der Waals surface area contributed by atoms with E-state index in [0.29, 0.717) is 18.5 Å². The van der Waals surface area contributed by atoms with Crippen LogP contribution in [0.5, 0.6) is 0 Å². The van der Waals surface area contributed by atoms with Crippen molar-refractivity contribution >= 4 is 17.2 Å². The molecule has 24 heavy (non-hydrogen) atoms. The fraction of sp³-hybridized carbons (Fsp3) is 0.412. The van der Waals surface area contributed by atoms with Gasteiger partial charge in [0.05, 0.1) is 17.9 Å². The SMILES string of the molecule is c1ccc(CNc2cc(NC3CC3)nn3c(C4CC4)nnc23)nc1. The Labute approximate surface area is 139 Å². The van der Waals surface area contributed by atoms with E-state index in [1.54, 1.807) is 0 Å². The maximum absolute atomic E-state index is 4.72. The van der Waals surface area contributed by atoms with Gasteiger partial charge in [0.1, 0.15) is 5.82 Å². The quantitative estimate of drug-likeness (QED) is 0.726. The summed E-state index contributed by atoms with van der Waals surface area (Å²) in [5.41, 5.74) is 2.72. The van der Waals surface area contributed by atoms with Gasteiger partial charge in [0.15, 0.2) is 5.82 Å². The molecule has 2 aliphatic rings. The predicted octanol–water partition coefficient (Wildman–Crippen LogP) is 2.58. The molecule has 3 aromatic heterocycles. The zero-order valence-corrected chi connectivity index (χ0v) is 13.3. The third kappa shape index (κ3) is 2.66. The molecule has 2 aliphatic carbocycles. The number of hydrogen-bond donors (Lipinski definition) is 2. The van der Waals surface area contributed by atoms with Crippen LogP contribution < -0.4 is 10.6 Å². The van der Waals surface area contributed by atoms with Crippen LogP contribution in [0.2, 0.25) is 0 Å². The van der Waals surface area contributed by atoms with Crippen LogP contribution in [0.3, 0.4) is 0 Å². The lowest BCUT2D eigenvalue weighted by Gasteiger charge is -2.11. The number of pyridine rings is 1. The van der Waals surface area contributed by atoms with Crippen LogP contribution in [0.4, 0.5) is 11.5 Å². The van der Waals surface area contributed by atoms with Crippen molar-refractivity contribution in [3.05, 3.63) is 42.0 Å². The summed E-state index contributed by atoms with van der Waals surface area (Å²) in [4.78, 5) is 4.36. The Hall–Kier alpha value is -2.70. The minimum Gasteiger partial charge on any atom is -0.376 e. The minimum atomic E-state index is 0.507. The molecule has 3 heterocycles. The number of fused-ring (bicyclic) bond motifs is 1. The van der Waals surface area contributed by atoms with Gasteiger partial charge in [-0.15, -0.1) is 15.3 Å². The molecule has 0 atom stereocenters. The lowest BCUT2D eigenvalue weighted by atomic mass is 10.3. The molecule has 2 saturated carbocycles. The van der Waals surface area contributed by atoms with E-state index in [0.717, 1.165) is 28.7 Å². The molecule has 5 rings (SSSR count). The third-order valence-electron chi connectivity index (χ3n) is 4.45. The topological polar surface area (TPSA) is 80.0 Å². The molecule has 0 aromatic carbocycles. The van der Waals surface area contributed by atoms with E-state index in [4.69, 9.17) is 5.10 Å². The lowest BCUT2D eigenvalue weighted by Crippen LogP contribution is -2.10. The first-order valence-electron chi connectivity index (χ1n) is 8.53. The smallest absolute Gasteiger partial charge is 0.201 e.